The van der Waals surface area contributed by atoms with Crippen molar-refractivity contribution in [3.63, 3.8) is 0 Å². The number of hydrogen-bond donors (Lipinski definition) is 2. The largest absolute Gasteiger partial charge is 0.463 e. The van der Waals surface area contributed by atoms with Crippen LogP contribution in [0.15, 0.2) is 47.1 Å². The zero-order chi connectivity index (χ0) is 12.5. The van der Waals surface area contributed by atoms with Crippen LogP contribution < -0.4 is 5.32 Å². The summed E-state index contributed by atoms with van der Waals surface area (Å²) < 4.78 is 5.19. The molecule has 2 heterocycles. The fourth-order valence-corrected chi connectivity index (χ4v) is 1.91. The molecule has 5 heteroatoms. The summed E-state index contributed by atoms with van der Waals surface area (Å²) in [4.78, 5) is 15.0. The van der Waals surface area contributed by atoms with Crippen LogP contribution >= 0.6 is 11.6 Å². The Bertz CT molecular complexity index is 686. The Labute approximate surface area is 108 Å². The summed E-state index contributed by atoms with van der Waals surface area (Å²) in [7, 11) is 0. The van der Waals surface area contributed by atoms with E-state index in [2.05, 4.69) is 10.3 Å². The van der Waals surface area contributed by atoms with Gasteiger partial charge in [0.1, 0.15) is 5.69 Å². The average molecular weight is 261 g/mol. The Morgan fingerprint density at radius 1 is 1.28 bits per heavy atom. The van der Waals surface area contributed by atoms with E-state index in [0.29, 0.717) is 22.0 Å². The zero-order valence-corrected chi connectivity index (χ0v) is 9.99. The highest BCUT2D eigenvalue weighted by Gasteiger charge is 2.12. The molecule has 1 aromatic carbocycles. The fraction of sp³-hybridized carbons (Fsp3) is 0. The molecule has 0 aliphatic heterocycles. The summed E-state index contributed by atoms with van der Waals surface area (Å²) in [5.74, 6) is -0.255. The maximum atomic E-state index is 12.0. The van der Waals surface area contributed by atoms with Gasteiger partial charge in [0.2, 0.25) is 0 Å². The summed E-state index contributed by atoms with van der Waals surface area (Å²) in [6.07, 6.45) is 1.57. The molecular weight excluding hydrogens is 252 g/mol. The van der Waals surface area contributed by atoms with Crippen molar-refractivity contribution in [1.29, 1.82) is 0 Å². The molecule has 3 aromatic rings. The van der Waals surface area contributed by atoms with Crippen LogP contribution in [0.25, 0.3) is 11.1 Å². The third-order valence-corrected chi connectivity index (χ3v) is 2.94. The minimum Gasteiger partial charge on any atom is -0.463 e. The number of furan rings is 1. The minimum atomic E-state index is -0.255. The number of H-pyrrole nitrogens is 1. The number of aromatic nitrogens is 1. The van der Waals surface area contributed by atoms with Crippen LogP contribution in [0.1, 0.15) is 10.5 Å². The van der Waals surface area contributed by atoms with Crippen LogP contribution in [-0.2, 0) is 0 Å². The maximum Gasteiger partial charge on any atom is 0.272 e. The van der Waals surface area contributed by atoms with Gasteiger partial charge in [-0.05, 0) is 12.1 Å². The standard InChI is InChI=1S/C13H9ClN2O2/c14-8-3-1-2-4-9(8)16-13(17)11-7-12-10(15-11)5-6-18-12/h1-7,15H,(H,16,17). The number of hydrogen-bond acceptors (Lipinski definition) is 2. The molecule has 0 saturated heterocycles. The Morgan fingerprint density at radius 3 is 2.89 bits per heavy atom. The molecule has 18 heavy (non-hydrogen) atoms. The number of rotatable bonds is 2. The zero-order valence-electron chi connectivity index (χ0n) is 9.24. The number of carbonyl (C=O) groups is 1. The van der Waals surface area contributed by atoms with Crippen LogP contribution in [-0.4, -0.2) is 10.9 Å². The molecule has 2 N–H and O–H groups in total. The van der Waals surface area contributed by atoms with Crippen molar-refractivity contribution in [2.75, 3.05) is 5.32 Å². The Morgan fingerprint density at radius 2 is 2.11 bits per heavy atom. The summed E-state index contributed by atoms with van der Waals surface area (Å²) in [6.45, 7) is 0. The second kappa shape index (κ2) is 4.23. The lowest BCUT2D eigenvalue weighted by Gasteiger charge is -2.05. The SMILES string of the molecule is O=C(Nc1ccccc1Cl)c1cc2occc2[nH]1. The van der Waals surface area contributed by atoms with Gasteiger partial charge < -0.3 is 14.7 Å². The van der Waals surface area contributed by atoms with Crippen molar-refractivity contribution >= 4 is 34.3 Å². The third-order valence-electron chi connectivity index (χ3n) is 2.61. The molecule has 0 radical (unpaired) electrons. The lowest BCUT2D eigenvalue weighted by Crippen LogP contribution is -2.12. The molecular formula is C13H9ClN2O2. The molecule has 0 unspecified atom stereocenters. The first-order chi connectivity index (χ1) is 8.74. The van der Waals surface area contributed by atoms with Gasteiger partial charge >= 0.3 is 0 Å². The molecule has 0 atom stereocenters. The summed E-state index contributed by atoms with van der Waals surface area (Å²) in [6, 6.07) is 10.5. The number of nitrogens with one attached hydrogen (secondary N) is 2. The number of anilines is 1. The number of para-hydroxylation sites is 1. The lowest BCUT2D eigenvalue weighted by atomic mass is 10.3. The van der Waals surface area contributed by atoms with Crippen molar-refractivity contribution in [1.82, 2.24) is 4.98 Å². The quantitative estimate of drug-likeness (QED) is 0.739. The Hall–Kier alpha value is -2.20. The topological polar surface area (TPSA) is 58.0 Å². The van der Waals surface area contributed by atoms with Crippen molar-refractivity contribution in [3.05, 3.63) is 53.4 Å². The van der Waals surface area contributed by atoms with Gasteiger partial charge in [-0.3, -0.25) is 4.79 Å². The maximum absolute atomic E-state index is 12.0. The third kappa shape index (κ3) is 1.87. The van der Waals surface area contributed by atoms with Gasteiger partial charge in [-0.1, -0.05) is 23.7 Å². The number of halogens is 1. The predicted octanol–water partition coefficient (Wildman–Crippen LogP) is 3.67. The summed E-state index contributed by atoms with van der Waals surface area (Å²) in [5.41, 5.74) is 2.46. The average Bonchev–Trinajstić information content (AvgIpc) is 2.92. The van der Waals surface area contributed by atoms with Gasteiger partial charge in [-0.2, -0.15) is 0 Å². The minimum absolute atomic E-state index is 0.255. The van der Waals surface area contributed by atoms with E-state index in [-0.39, 0.29) is 5.91 Å². The first-order valence-electron chi connectivity index (χ1n) is 5.36. The van der Waals surface area contributed by atoms with Crippen molar-refractivity contribution in [2.45, 2.75) is 0 Å². The highest BCUT2D eigenvalue weighted by atomic mass is 35.5. The van der Waals surface area contributed by atoms with Gasteiger partial charge in [0, 0.05) is 12.1 Å². The first-order valence-corrected chi connectivity index (χ1v) is 5.74. The Kier molecular flexibility index (Phi) is 2.57. The second-order valence-electron chi connectivity index (χ2n) is 3.82. The van der Waals surface area contributed by atoms with Crippen LogP contribution in [0, 0.1) is 0 Å². The molecule has 90 valence electrons. The van der Waals surface area contributed by atoms with Crippen molar-refractivity contribution in [2.24, 2.45) is 0 Å². The van der Waals surface area contributed by atoms with E-state index in [1.807, 2.05) is 6.07 Å². The van der Waals surface area contributed by atoms with Gasteiger partial charge in [0.05, 0.1) is 22.5 Å². The highest BCUT2D eigenvalue weighted by molar-refractivity contribution is 6.33. The van der Waals surface area contributed by atoms with E-state index in [4.69, 9.17) is 16.0 Å². The number of aromatic amines is 1. The molecule has 4 nitrogen and oxygen atoms in total. The number of amides is 1. The van der Waals surface area contributed by atoms with Gasteiger partial charge in [0.25, 0.3) is 5.91 Å². The lowest BCUT2D eigenvalue weighted by molar-refractivity contribution is 0.102. The number of fused-ring (bicyclic) bond motifs is 1. The molecule has 2 aromatic heterocycles. The normalized spacial score (nSPS) is 10.7. The van der Waals surface area contributed by atoms with Crippen molar-refractivity contribution < 1.29 is 9.21 Å². The van der Waals surface area contributed by atoms with E-state index in [9.17, 15) is 4.79 Å². The van der Waals surface area contributed by atoms with E-state index >= 15 is 0 Å². The van der Waals surface area contributed by atoms with Gasteiger partial charge in [0.15, 0.2) is 5.58 Å². The number of benzene rings is 1. The fourth-order valence-electron chi connectivity index (χ4n) is 1.72. The molecule has 1 amide bonds. The molecule has 0 spiro atoms. The van der Waals surface area contributed by atoms with E-state index in [1.54, 1.807) is 36.6 Å². The van der Waals surface area contributed by atoms with Crippen LogP contribution in [0.3, 0.4) is 0 Å². The Balaban J connectivity index is 1.87. The highest BCUT2D eigenvalue weighted by Crippen LogP contribution is 2.22. The van der Waals surface area contributed by atoms with Crippen LogP contribution in [0.5, 0.6) is 0 Å². The molecule has 3 rings (SSSR count). The van der Waals surface area contributed by atoms with E-state index in [0.717, 1.165) is 5.52 Å². The smallest absolute Gasteiger partial charge is 0.272 e. The summed E-state index contributed by atoms with van der Waals surface area (Å²) in [5, 5.41) is 3.23. The number of carbonyl (C=O) groups excluding carboxylic acids is 1. The molecule has 0 aliphatic carbocycles. The van der Waals surface area contributed by atoms with Crippen LogP contribution in [0.2, 0.25) is 5.02 Å². The van der Waals surface area contributed by atoms with Gasteiger partial charge in [-0.15, -0.1) is 0 Å². The van der Waals surface area contributed by atoms with Gasteiger partial charge in [-0.25, -0.2) is 0 Å². The monoisotopic (exact) mass is 260 g/mol. The van der Waals surface area contributed by atoms with Crippen molar-refractivity contribution in [3.8, 4) is 0 Å². The van der Waals surface area contributed by atoms with E-state index in [1.165, 1.54) is 0 Å². The predicted molar refractivity (Wildman–Crippen MR) is 70.0 cm³/mol. The second-order valence-corrected chi connectivity index (χ2v) is 4.22. The van der Waals surface area contributed by atoms with Crippen LogP contribution in [0.4, 0.5) is 5.69 Å². The molecule has 0 fully saturated rings. The first kappa shape index (κ1) is 10.9. The molecule has 0 aliphatic rings. The summed E-state index contributed by atoms with van der Waals surface area (Å²) >= 11 is 5.97. The molecule has 0 saturated carbocycles. The molecule has 0 bridgehead atoms. The van der Waals surface area contributed by atoms with E-state index < -0.39 is 0 Å².